The average molecular weight is 716 g/mol. The van der Waals surface area contributed by atoms with Crippen molar-refractivity contribution in [3.05, 3.63) is 56.6 Å². The predicted octanol–water partition coefficient (Wildman–Crippen LogP) is 8.49. The average Bonchev–Trinajstić information content (AvgIpc) is 3.34. The molecule has 0 amide bonds. The van der Waals surface area contributed by atoms with Crippen molar-refractivity contribution in [1.82, 2.24) is 13.9 Å². The van der Waals surface area contributed by atoms with Crippen LogP contribution in [-0.4, -0.2) is 58.4 Å². The number of rotatable bonds is 15. The third kappa shape index (κ3) is 9.61. The van der Waals surface area contributed by atoms with Crippen molar-refractivity contribution in [2.75, 3.05) is 20.0 Å². The van der Waals surface area contributed by atoms with E-state index in [1.807, 2.05) is 18.2 Å². The summed E-state index contributed by atoms with van der Waals surface area (Å²) in [4.78, 5) is 31.8. The summed E-state index contributed by atoms with van der Waals surface area (Å²) in [6, 6.07) is 11.3. The van der Waals surface area contributed by atoms with Crippen molar-refractivity contribution in [2.24, 2.45) is 0 Å². The molecule has 13 heteroatoms. The van der Waals surface area contributed by atoms with Gasteiger partial charge in [0.2, 0.25) is 0 Å². The Labute approximate surface area is 285 Å². The zero-order valence-corrected chi connectivity index (χ0v) is 33.9. The lowest BCUT2D eigenvalue weighted by molar-refractivity contribution is 0.0227. The quantitative estimate of drug-likeness (QED) is 0.0748. The van der Waals surface area contributed by atoms with Crippen LogP contribution in [0.3, 0.4) is 0 Å². The van der Waals surface area contributed by atoms with Gasteiger partial charge in [0, 0.05) is 34.9 Å². The molecule has 0 unspecified atom stereocenters. The minimum Gasteiger partial charge on any atom is -0.465 e. The zero-order chi connectivity index (χ0) is 34.8. The highest BCUT2D eigenvalue weighted by atomic mass is 32.1. The molecule has 0 saturated heterocycles. The van der Waals surface area contributed by atoms with Crippen LogP contribution in [0, 0.1) is 0 Å². The predicted molar refractivity (Wildman–Crippen MR) is 203 cm³/mol. The first kappa shape index (κ1) is 37.4. The van der Waals surface area contributed by atoms with Crippen LogP contribution in [0.5, 0.6) is 5.75 Å². The second kappa shape index (κ2) is 14.6. The molecule has 2 heterocycles. The summed E-state index contributed by atoms with van der Waals surface area (Å²) in [6.45, 7) is 26.6. The van der Waals surface area contributed by atoms with Crippen molar-refractivity contribution in [3.63, 3.8) is 0 Å². The number of H-pyrrole nitrogens is 1. The smallest absolute Gasteiger partial charge is 0.279 e. The van der Waals surface area contributed by atoms with Gasteiger partial charge in [0.25, 0.3) is 11.1 Å². The molecule has 4 rings (SSSR count). The summed E-state index contributed by atoms with van der Waals surface area (Å²) >= 11 is 1.21. The van der Waals surface area contributed by atoms with E-state index in [1.54, 1.807) is 16.7 Å². The largest absolute Gasteiger partial charge is 0.465 e. The maximum absolute atomic E-state index is 14.3. The van der Waals surface area contributed by atoms with Gasteiger partial charge in [-0.25, -0.2) is 4.98 Å². The number of hydrogen-bond donors (Lipinski definition) is 1. The Balaban J connectivity index is 1.86. The molecule has 0 fully saturated rings. The van der Waals surface area contributed by atoms with Gasteiger partial charge in [-0.3, -0.25) is 18.5 Å². The second-order valence-electron chi connectivity index (χ2n) is 16.2. The van der Waals surface area contributed by atoms with Gasteiger partial charge in [-0.15, -0.1) is 0 Å². The van der Waals surface area contributed by atoms with Crippen LogP contribution in [0.25, 0.3) is 32.4 Å². The highest BCUT2D eigenvalue weighted by Crippen LogP contribution is 2.38. The summed E-state index contributed by atoms with van der Waals surface area (Å²) in [6.07, 6.45) is 0. The molecule has 258 valence electrons. The fraction of sp³-hybridized carbons (Fsp3) is 0.559. The summed E-state index contributed by atoms with van der Waals surface area (Å²) in [5.74, 6) is 0.510. The molecule has 0 aliphatic carbocycles. The van der Waals surface area contributed by atoms with Crippen molar-refractivity contribution >= 4 is 57.1 Å². The van der Waals surface area contributed by atoms with Gasteiger partial charge in [0.15, 0.2) is 20.9 Å². The van der Waals surface area contributed by atoms with Gasteiger partial charge in [-0.1, -0.05) is 83.7 Å². The van der Waals surface area contributed by atoms with E-state index in [9.17, 15) is 9.59 Å². The molecular formula is C34H53N3O6SSi3. The first-order valence-corrected chi connectivity index (χ1v) is 27.5. The van der Waals surface area contributed by atoms with E-state index in [1.165, 1.54) is 11.5 Å². The third-order valence-electron chi connectivity index (χ3n) is 8.75. The van der Waals surface area contributed by atoms with Crippen LogP contribution in [0.15, 0.2) is 39.9 Å². The van der Waals surface area contributed by atoms with Crippen LogP contribution in [0.2, 0.25) is 69.5 Å². The number of hydrogen-bond acceptors (Lipinski definition) is 8. The minimum absolute atomic E-state index is 0.0420. The number of benzene rings is 2. The summed E-state index contributed by atoms with van der Waals surface area (Å²) in [7, 11) is -4.69. The first-order valence-electron chi connectivity index (χ1n) is 16.4. The molecule has 4 aromatic rings. The Hall–Kier alpha value is -2.40. The van der Waals surface area contributed by atoms with Gasteiger partial charge in [-0.05, 0) is 54.0 Å². The van der Waals surface area contributed by atoms with Gasteiger partial charge < -0.3 is 18.6 Å². The first-order chi connectivity index (χ1) is 21.8. The third-order valence-corrected chi connectivity index (χ3v) is 17.6. The number of fused-ring (bicyclic) bond motifs is 2. The highest BCUT2D eigenvalue weighted by molar-refractivity contribution is 7.13. The van der Waals surface area contributed by atoms with Gasteiger partial charge in [-0.2, -0.15) is 0 Å². The molecule has 9 nitrogen and oxygen atoms in total. The molecule has 1 N–H and O–H groups in total. The number of ether oxygens (including phenoxy) is 3. The van der Waals surface area contributed by atoms with Crippen LogP contribution in [-0.2, 0) is 27.2 Å². The SMILES string of the molecule is CC(C)(C)[Si](C)(C)OCc1cc(OCOCC[Si](C)(C)C)c2nc(-c3cccc4c(=O)[nH]sc34)c(=O)n(COCC[Si](C)(C)C)c2c1. The molecule has 0 aliphatic heterocycles. The number of nitrogens with zero attached hydrogens (tertiary/aromatic N) is 2. The Bertz CT molecular complexity index is 1810. The van der Waals surface area contributed by atoms with E-state index in [-0.39, 0.29) is 35.4 Å². The second-order valence-corrected chi connectivity index (χ2v) is 33.1. The fourth-order valence-electron chi connectivity index (χ4n) is 4.58. The molecule has 2 aromatic heterocycles. The van der Waals surface area contributed by atoms with Crippen LogP contribution >= 0.6 is 11.5 Å². The Kier molecular flexibility index (Phi) is 11.6. The Morgan fingerprint density at radius 2 is 1.57 bits per heavy atom. The molecule has 2 aromatic carbocycles. The standard InChI is InChI=1S/C34H53N3O6SSi3/c1-34(2,3)47(10,11)43-21-24-19-27-30(28(20-24)42-23-41-16-18-46(7,8)9)35-29(25-13-12-14-26-31(25)44-36-32(26)38)33(39)37(27)22-40-15-17-45(4,5)6/h12-14,19-20H,15-18,21-23H2,1-11H3,(H,36,38). The van der Waals surface area contributed by atoms with Crippen LogP contribution < -0.4 is 15.9 Å². The van der Waals surface area contributed by atoms with Crippen molar-refractivity contribution in [1.29, 1.82) is 0 Å². The Morgan fingerprint density at radius 3 is 2.21 bits per heavy atom. The molecule has 0 saturated carbocycles. The maximum atomic E-state index is 14.3. The van der Waals surface area contributed by atoms with E-state index in [0.29, 0.717) is 52.3 Å². The molecule has 47 heavy (non-hydrogen) atoms. The fourth-order valence-corrected chi connectivity index (χ4v) is 7.91. The molecule has 0 atom stereocenters. The topological polar surface area (TPSA) is 105 Å². The number of aromatic amines is 1. The van der Waals surface area contributed by atoms with Crippen molar-refractivity contribution in [2.45, 2.75) is 104 Å². The van der Waals surface area contributed by atoms with E-state index in [0.717, 1.165) is 17.7 Å². The lowest BCUT2D eigenvalue weighted by Crippen LogP contribution is -2.40. The van der Waals surface area contributed by atoms with Gasteiger partial charge in [0.1, 0.15) is 17.9 Å². The normalized spacial score (nSPS) is 13.2. The maximum Gasteiger partial charge on any atom is 0.279 e. The Morgan fingerprint density at radius 1 is 0.915 bits per heavy atom. The van der Waals surface area contributed by atoms with E-state index in [4.69, 9.17) is 23.6 Å². The summed E-state index contributed by atoms with van der Waals surface area (Å²) in [5, 5.41) is 0.567. The van der Waals surface area contributed by atoms with E-state index < -0.39 is 24.5 Å². The monoisotopic (exact) mass is 715 g/mol. The lowest BCUT2D eigenvalue weighted by atomic mass is 10.1. The summed E-state index contributed by atoms with van der Waals surface area (Å²) < 4.78 is 30.2. The molecular weight excluding hydrogens is 663 g/mol. The molecule has 0 spiro atoms. The zero-order valence-electron chi connectivity index (χ0n) is 30.1. The lowest BCUT2D eigenvalue weighted by Gasteiger charge is -2.36. The van der Waals surface area contributed by atoms with E-state index >= 15 is 0 Å². The number of nitrogens with one attached hydrogen (secondary N) is 1. The van der Waals surface area contributed by atoms with Crippen molar-refractivity contribution < 1.29 is 18.6 Å². The number of aromatic nitrogens is 3. The van der Waals surface area contributed by atoms with Crippen LogP contribution in [0.4, 0.5) is 0 Å². The molecule has 0 radical (unpaired) electrons. The summed E-state index contributed by atoms with van der Waals surface area (Å²) in [5.41, 5.74) is 2.37. The van der Waals surface area contributed by atoms with Gasteiger partial charge >= 0.3 is 0 Å². The van der Waals surface area contributed by atoms with Crippen molar-refractivity contribution in [3.8, 4) is 17.0 Å². The molecule has 0 aliphatic rings. The van der Waals surface area contributed by atoms with Crippen LogP contribution in [0.1, 0.15) is 26.3 Å². The molecule has 0 bridgehead atoms. The minimum atomic E-state index is -2.07. The highest BCUT2D eigenvalue weighted by Gasteiger charge is 2.37. The van der Waals surface area contributed by atoms with E-state index in [2.05, 4.69) is 77.5 Å². The van der Waals surface area contributed by atoms with Gasteiger partial charge in [0.05, 0.1) is 22.2 Å².